The Balaban J connectivity index is 1.96. The van der Waals surface area contributed by atoms with Crippen molar-refractivity contribution in [3.8, 4) is 5.95 Å². The van der Waals surface area contributed by atoms with Crippen LogP contribution >= 0.6 is 11.8 Å². The molecule has 0 saturated carbocycles. The van der Waals surface area contributed by atoms with Crippen molar-refractivity contribution < 1.29 is 4.79 Å². The number of amides is 1. The Morgan fingerprint density at radius 2 is 2.15 bits per heavy atom. The summed E-state index contributed by atoms with van der Waals surface area (Å²) < 4.78 is 1.35. The highest BCUT2D eigenvalue weighted by Gasteiger charge is 2.18. The summed E-state index contributed by atoms with van der Waals surface area (Å²) in [4.78, 5) is 35.8. The SMILES string of the molecule is C=C(C)CN(CC)C(=O)CSc1nc2ccccc2c(=O)n1-c1ncn[nH]1. The summed E-state index contributed by atoms with van der Waals surface area (Å²) >= 11 is 1.20. The van der Waals surface area contributed by atoms with Crippen molar-refractivity contribution in [3.63, 3.8) is 0 Å². The Bertz CT molecular complexity index is 1030. The van der Waals surface area contributed by atoms with Crippen molar-refractivity contribution in [1.29, 1.82) is 0 Å². The van der Waals surface area contributed by atoms with E-state index < -0.39 is 0 Å². The van der Waals surface area contributed by atoms with Gasteiger partial charge in [0, 0.05) is 13.1 Å². The van der Waals surface area contributed by atoms with Crippen LogP contribution in [0.2, 0.25) is 0 Å². The van der Waals surface area contributed by atoms with Crippen molar-refractivity contribution in [1.82, 2.24) is 29.6 Å². The lowest BCUT2D eigenvalue weighted by Gasteiger charge is -2.20. The molecular weight excluding hydrogens is 364 g/mol. The number of aromatic nitrogens is 5. The van der Waals surface area contributed by atoms with Gasteiger partial charge < -0.3 is 4.90 Å². The first-order chi connectivity index (χ1) is 13.0. The zero-order valence-corrected chi connectivity index (χ0v) is 16.0. The highest BCUT2D eigenvalue weighted by Crippen LogP contribution is 2.20. The summed E-state index contributed by atoms with van der Waals surface area (Å²) in [6.45, 7) is 8.76. The molecule has 3 rings (SSSR count). The lowest BCUT2D eigenvalue weighted by molar-refractivity contribution is -0.127. The number of benzene rings is 1. The Kier molecular flexibility index (Phi) is 5.70. The van der Waals surface area contributed by atoms with Crippen LogP contribution in [0.25, 0.3) is 16.9 Å². The molecule has 1 N–H and O–H groups in total. The molecule has 8 nitrogen and oxygen atoms in total. The largest absolute Gasteiger partial charge is 0.338 e. The molecule has 0 spiro atoms. The number of H-pyrrole nitrogens is 1. The molecule has 0 aliphatic heterocycles. The predicted molar refractivity (Wildman–Crippen MR) is 105 cm³/mol. The van der Waals surface area contributed by atoms with Crippen LogP contribution in [0.4, 0.5) is 0 Å². The number of carbonyl (C=O) groups excluding carboxylic acids is 1. The predicted octanol–water partition coefficient (Wildman–Crippen LogP) is 2.02. The maximum atomic E-state index is 12.9. The van der Waals surface area contributed by atoms with E-state index in [2.05, 4.69) is 26.7 Å². The van der Waals surface area contributed by atoms with Crippen molar-refractivity contribution in [3.05, 3.63) is 53.1 Å². The van der Waals surface area contributed by atoms with Crippen molar-refractivity contribution in [2.24, 2.45) is 0 Å². The van der Waals surface area contributed by atoms with Gasteiger partial charge in [0.05, 0.1) is 16.7 Å². The second kappa shape index (κ2) is 8.17. The van der Waals surface area contributed by atoms with Crippen molar-refractivity contribution in [2.45, 2.75) is 19.0 Å². The second-order valence-corrected chi connectivity index (χ2v) is 6.96. The monoisotopic (exact) mass is 384 g/mol. The first kappa shape index (κ1) is 18.8. The van der Waals surface area contributed by atoms with Gasteiger partial charge in [-0.3, -0.25) is 9.59 Å². The molecule has 140 valence electrons. The van der Waals surface area contributed by atoms with Gasteiger partial charge in [-0.25, -0.2) is 14.6 Å². The summed E-state index contributed by atoms with van der Waals surface area (Å²) in [5.74, 6) is 0.375. The van der Waals surface area contributed by atoms with Gasteiger partial charge in [0.15, 0.2) is 5.16 Å². The quantitative estimate of drug-likeness (QED) is 0.380. The van der Waals surface area contributed by atoms with Gasteiger partial charge in [-0.05, 0) is 26.0 Å². The molecule has 0 aliphatic rings. The fraction of sp³-hybridized carbons (Fsp3) is 0.278. The zero-order valence-electron chi connectivity index (χ0n) is 15.2. The average molecular weight is 384 g/mol. The third-order valence-corrected chi connectivity index (χ3v) is 4.80. The van der Waals surface area contributed by atoms with Gasteiger partial charge in [-0.15, -0.1) is 0 Å². The van der Waals surface area contributed by atoms with Crippen LogP contribution in [0, 0.1) is 0 Å². The standard InChI is InChI=1S/C18H20N6O2S/c1-4-23(9-12(2)3)15(25)10-27-18-21-14-8-6-5-7-13(14)16(26)24(18)17-19-11-20-22-17/h5-8,11H,2,4,9-10H2,1,3H3,(H,19,20,22). The molecule has 0 radical (unpaired) electrons. The average Bonchev–Trinajstić information content (AvgIpc) is 3.18. The molecule has 0 atom stereocenters. The number of fused-ring (bicyclic) bond motifs is 1. The number of rotatable bonds is 7. The van der Waals surface area contributed by atoms with Gasteiger partial charge in [-0.2, -0.15) is 10.1 Å². The minimum absolute atomic E-state index is 0.0444. The zero-order chi connectivity index (χ0) is 19.4. The number of nitrogens with one attached hydrogen (secondary N) is 1. The summed E-state index contributed by atoms with van der Waals surface area (Å²) in [5, 5.41) is 7.36. The molecule has 27 heavy (non-hydrogen) atoms. The second-order valence-electron chi connectivity index (χ2n) is 6.01. The normalized spacial score (nSPS) is 10.9. The fourth-order valence-corrected chi connectivity index (χ4v) is 3.52. The van der Waals surface area contributed by atoms with Crippen LogP contribution in [0.1, 0.15) is 13.8 Å². The smallest absolute Gasteiger partial charge is 0.269 e. The summed E-state index contributed by atoms with van der Waals surface area (Å²) in [6.07, 6.45) is 1.32. The number of carbonyl (C=O) groups is 1. The number of nitrogens with zero attached hydrogens (tertiary/aromatic N) is 5. The summed E-state index contributed by atoms with van der Waals surface area (Å²) in [7, 11) is 0. The van der Waals surface area contributed by atoms with Crippen molar-refractivity contribution >= 4 is 28.6 Å². The summed E-state index contributed by atoms with van der Waals surface area (Å²) in [5.41, 5.74) is 1.22. The highest BCUT2D eigenvalue weighted by molar-refractivity contribution is 7.99. The molecule has 1 aromatic carbocycles. The fourth-order valence-electron chi connectivity index (χ4n) is 2.62. The number of likely N-dealkylation sites (N-methyl/N-ethyl adjacent to an activating group) is 1. The minimum atomic E-state index is -0.262. The van der Waals surface area contributed by atoms with Gasteiger partial charge in [-0.1, -0.05) is 36.0 Å². The van der Waals surface area contributed by atoms with E-state index in [-0.39, 0.29) is 23.2 Å². The van der Waals surface area contributed by atoms with Crippen LogP contribution in [0.5, 0.6) is 0 Å². The number of hydrogen-bond donors (Lipinski definition) is 1. The van der Waals surface area contributed by atoms with Crippen LogP contribution in [-0.4, -0.2) is 54.4 Å². The van der Waals surface area contributed by atoms with E-state index in [9.17, 15) is 9.59 Å². The van der Waals surface area contributed by atoms with Crippen LogP contribution in [-0.2, 0) is 4.79 Å². The van der Waals surface area contributed by atoms with Crippen LogP contribution in [0.3, 0.4) is 0 Å². The van der Waals surface area contributed by atoms with E-state index in [1.54, 1.807) is 23.1 Å². The topological polar surface area (TPSA) is 96.8 Å². The molecule has 0 aliphatic carbocycles. The van der Waals surface area contributed by atoms with Crippen molar-refractivity contribution in [2.75, 3.05) is 18.8 Å². The Morgan fingerprint density at radius 3 is 2.81 bits per heavy atom. The summed E-state index contributed by atoms with van der Waals surface area (Å²) in [6, 6.07) is 7.08. The lowest BCUT2D eigenvalue weighted by atomic mass is 10.2. The Hall–Kier alpha value is -2.94. The van der Waals surface area contributed by atoms with Gasteiger partial charge in [0.25, 0.3) is 5.56 Å². The molecule has 0 bridgehead atoms. The molecular formula is C18H20N6O2S. The van der Waals surface area contributed by atoms with Gasteiger partial charge in [0.2, 0.25) is 11.9 Å². The van der Waals surface area contributed by atoms with Gasteiger partial charge >= 0.3 is 0 Å². The molecule has 0 unspecified atom stereocenters. The number of hydrogen-bond acceptors (Lipinski definition) is 6. The number of para-hydroxylation sites is 1. The van der Waals surface area contributed by atoms with E-state index in [0.717, 1.165) is 5.57 Å². The molecule has 2 heterocycles. The molecule has 2 aromatic heterocycles. The molecule has 0 fully saturated rings. The Morgan fingerprint density at radius 1 is 1.37 bits per heavy atom. The van der Waals surface area contributed by atoms with E-state index in [0.29, 0.717) is 29.1 Å². The van der Waals surface area contributed by atoms with E-state index in [1.165, 1.54) is 22.7 Å². The number of thioether (sulfide) groups is 1. The van der Waals surface area contributed by atoms with E-state index in [1.807, 2.05) is 19.9 Å². The Labute approximate surface area is 160 Å². The van der Waals surface area contributed by atoms with E-state index in [4.69, 9.17) is 0 Å². The molecule has 9 heteroatoms. The third-order valence-electron chi connectivity index (χ3n) is 3.88. The minimum Gasteiger partial charge on any atom is -0.338 e. The molecule has 1 amide bonds. The first-order valence-corrected chi connectivity index (χ1v) is 9.42. The van der Waals surface area contributed by atoms with Crippen LogP contribution in [0.15, 0.2) is 52.7 Å². The van der Waals surface area contributed by atoms with E-state index >= 15 is 0 Å². The lowest BCUT2D eigenvalue weighted by Crippen LogP contribution is -2.33. The maximum Gasteiger partial charge on any atom is 0.269 e. The molecule has 3 aromatic rings. The molecule has 0 saturated heterocycles. The van der Waals surface area contributed by atoms with Gasteiger partial charge in [0.1, 0.15) is 6.33 Å². The highest BCUT2D eigenvalue weighted by atomic mass is 32.2. The third kappa shape index (κ3) is 4.08. The number of aromatic amines is 1. The first-order valence-electron chi connectivity index (χ1n) is 8.43. The van der Waals surface area contributed by atoms with Crippen LogP contribution < -0.4 is 5.56 Å². The maximum absolute atomic E-state index is 12.9.